The van der Waals surface area contributed by atoms with Gasteiger partial charge >= 0.3 is 0 Å². The predicted molar refractivity (Wildman–Crippen MR) is 139 cm³/mol. The van der Waals surface area contributed by atoms with E-state index in [1.165, 1.54) is 16.6 Å². The summed E-state index contributed by atoms with van der Waals surface area (Å²) in [6.07, 6.45) is 4.68. The van der Waals surface area contributed by atoms with E-state index in [-0.39, 0.29) is 11.5 Å². The lowest BCUT2D eigenvalue weighted by Gasteiger charge is -2.18. The number of aromatic nitrogens is 2. The largest absolute Gasteiger partial charge is 0.493 e. The lowest BCUT2D eigenvalue weighted by atomic mass is 9.89. The average Bonchev–Trinajstić information content (AvgIpc) is 3.18. The van der Waals surface area contributed by atoms with E-state index < -0.39 is 5.25 Å². The van der Waals surface area contributed by atoms with E-state index in [0.717, 1.165) is 35.0 Å². The van der Waals surface area contributed by atoms with Gasteiger partial charge in [0.15, 0.2) is 16.7 Å². The van der Waals surface area contributed by atoms with E-state index in [1.54, 1.807) is 61.3 Å². The number of carbonyl (C=O) groups is 1. The van der Waals surface area contributed by atoms with Gasteiger partial charge in [-0.3, -0.25) is 14.2 Å². The molecule has 2 heterocycles. The number of hydrogen-bond acceptors (Lipinski definition) is 7. The van der Waals surface area contributed by atoms with Crippen molar-refractivity contribution in [1.29, 1.82) is 0 Å². The second-order valence-electron chi connectivity index (χ2n) is 8.45. The van der Waals surface area contributed by atoms with Gasteiger partial charge in [-0.1, -0.05) is 24.8 Å². The van der Waals surface area contributed by atoms with Crippen LogP contribution in [-0.2, 0) is 24.2 Å². The minimum absolute atomic E-state index is 0.0491. The van der Waals surface area contributed by atoms with Gasteiger partial charge in [0.1, 0.15) is 4.83 Å². The fraction of sp³-hybridized carbons (Fsp3) is 0.400. The smallest absolute Gasteiger partial charge is 0.263 e. The zero-order chi connectivity index (χ0) is 24.4. The molecule has 0 bridgehead atoms. The number of rotatable bonds is 8. The molecular weight excluding hydrogens is 470 g/mol. The van der Waals surface area contributed by atoms with Gasteiger partial charge in [0, 0.05) is 23.2 Å². The van der Waals surface area contributed by atoms with Gasteiger partial charge in [-0.25, -0.2) is 4.98 Å². The third-order valence-corrected chi connectivity index (χ3v) is 8.23. The number of allylic oxidation sites excluding steroid dienone is 1. The fourth-order valence-electron chi connectivity index (χ4n) is 4.15. The number of anilines is 1. The van der Waals surface area contributed by atoms with Crippen molar-refractivity contribution in [3.8, 4) is 11.5 Å². The van der Waals surface area contributed by atoms with Crippen LogP contribution in [0, 0.1) is 5.92 Å². The molecule has 1 amide bonds. The number of aryl methyl sites for hydroxylation is 1. The number of methoxy groups -OCH3 is 2. The van der Waals surface area contributed by atoms with Crippen molar-refractivity contribution in [3.05, 3.63) is 51.6 Å². The summed E-state index contributed by atoms with van der Waals surface area (Å²) < 4.78 is 12.2. The van der Waals surface area contributed by atoms with E-state index in [2.05, 4.69) is 18.8 Å². The zero-order valence-electron chi connectivity index (χ0n) is 19.8. The number of hydrogen-bond donors (Lipinski definition) is 1. The van der Waals surface area contributed by atoms with Crippen LogP contribution in [0.25, 0.3) is 10.2 Å². The van der Waals surface area contributed by atoms with Crippen molar-refractivity contribution in [2.75, 3.05) is 19.5 Å². The Labute approximate surface area is 207 Å². The first-order chi connectivity index (χ1) is 16.4. The van der Waals surface area contributed by atoms with Gasteiger partial charge < -0.3 is 14.8 Å². The molecule has 3 aromatic rings. The van der Waals surface area contributed by atoms with Crippen molar-refractivity contribution < 1.29 is 14.3 Å². The summed E-state index contributed by atoms with van der Waals surface area (Å²) in [6.45, 7) is 8.20. The Morgan fingerprint density at radius 2 is 2.15 bits per heavy atom. The van der Waals surface area contributed by atoms with Crippen LogP contribution in [0.15, 0.2) is 40.8 Å². The molecule has 2 unspecified atom stereocenters. The Balaban J connectivity index is 1.61. The molecule has 1 N–H and O–H groups in total. The third kappa shape index (κ3) is 4.72. The quantitative estimate of drug-likeness (QED) is 0.270. The van der Waals surface area contributed by atoms with Crippen molar-refractivity contribution >= 4 is 44.9 Å². The van der Waals surface area contributed by atoms with Gasteiger partial charge in [-0.2, -0.15) is 0 Å². The van der Waals surface area contributed by atoms with Crippen LogP contribution in [-0.4, -0.2) is 34.9 Å². The lowest BCUT2D eigenvalue weighted by Crippen LogP contribution is -2.27. The van der Waals surface area contributed by atoms with Gasteiger partial charge in [-0.15, -0.1) is 17.9 Å². The monoisotopic (exact) mass is 499 g/mol. The highest BCUT2D eigenvalue weighted by molar-refractivity contribution is 8.00. The summed E-state index contributed by atoms with van der Waals surface area (Å²) in [6, 6.07) is 5.21. The minimum Gasteiger partial charge on any atom is -0.493 e. The summed E-state index contributed by atoms with van der Waals surface area (Å²) in [5.41, 5.74) is 1.71. The van der Waals surface area contributed by atoms with Crippen LogP contribution in [0.1, 0.15) is 30.7 Å². The second-order valence-corrected chi connectivity index (χ2v) is 10.8. The first kappa shape index (κ1) is 24.3. The fourth-order valence-corrected chi connectivity index (χ4v) is 6.50. The number of fused-ring (bicyclic) bond motifs is 3. The number of benzene rings is 1. The number of thiophene rings is 1. The molecule has 7 nitrogen and oxygen atoms in total. The van der Waals surface area contributed by atoms with E-state index >= 15 is 0 Å². The second kappa shape index (κ2) is 10.2. The minimum atomic E-state index is -0.483. The van der Waals surface area contributed by atoms with Gasteiger partial charge in [-0.05, 0) is 49.8 Å². The summed E-state index contributed by atoms with van der Waals surface area (Å²) in [5.74, 6) is 1.53. The molecule has 1 aromatic carbocycles. The van der Waals surface area contributed by atoms with Crippen LogP contribution in [0.3, 0.4) is 0 Å². The van der Waals surface area contributed by atoms with Crippen molar-refractivity contribution in [2.45, 2.75) is 50.1 Å². The molecule has 2 atom stereocenters. The first-order valence-corrected chi connectivity index (χ1v) is 12.9. The maximum Gasteiger partial charge on any atom is 0.263 e. The first-order valence-electron chi connectivity index (χ1n) is 11.2. The molecule has 1 aliphatic rings. The number of nitrogens with zero attached hydrogens (tertiary/aromatic N) is 2. The number of ether oxygens (including phenoxy) is 2. The van der Waals surface area contributed by atoms with Crippen LogP contribution in [0.4, 0.5) is 5.69 Å². The Morgan fingerprint density at radius 1 is 1.38 bits per heavy atom. The molecule has 1 aliphatic carbocycles. The number of thioether (sulfide) groups is 1. The third-order valence-electron chi connectivity index (χ3n) is 5.99. The number of carbonyl (C=O) groups excluding carboxylic acids is 1. The molecule has 0 aliphatic heterocycles. The lowest BCUT2D eigenvalue weighted by molar-refractivity contribution is -0.115. The maximum atomic E-state index is 13.5. The summed E-state index contributed by atoms with van der Waals surface area (Å²) in [7, 11) is 3.11. The number of nitrogens with one attached hydrogen (secondary N) is 1. The van der Waals surface area contributed by atoms with Crippen LogP contribution < -0.4 is 20.3 Å². The standard InChI is InChI=1S/C25H29N3O4S2/c1-6-11-28-24(30)21-17-9-7-14(2)12-20(17)34-23(21)27-25(28)33-15(3)22(29)26-16-8-10-18(31-4)19(13-16)32-5/h6,8,10,13-15H,1,7,9,11-12H2,2-5H3,(H,26,29). The van der Waals surface area contributed by atoms with Crippen molar-refractivity contribution in [1.82, 2.24) is 9.55 Å². The summed E-state index contributed by atoms with van der Waals surface area (Å²) in [4.78, 5) is 33.3. The zero-order valence-corrected chi connectivity index (χ0v) is 21.5. The topological polar surface area (TPSA) is 82.5 Å². The molecule has 2 aromatic heterocycles. The van der Waals surface area contributed by atoms with Crippen LogP contribution >= 0.6 is 23.1 Å². The highest BCUT2D eigenvalue weighted by atomic mass is 32.2. The molecule has 0 saturated carbocycles. The molecular formula is C25H29N3O4S2. The van der Waals surface area contributed by atoms with Crippen molar-refractivity contribution in [2.24, 2.45) is 5.92 Å². The number of amides is 1. The van der Waals surface area contributed by atoms with E-state index in [4.69, 9.17) is 14.5 Å². The van der Waals surface area contributed by atoms with Gasteiger partial charge in [0.2, 0.25) is 5.91 Å². The SMILES string of the molecule is C=CCn1c(SC(C)C(=O)Nc2ccc(OC)c(OC)c2)nc2sc3c(c2c1=O)CCC(C)C3. The molecule has 0 spiro atoms. The highest BCUT2D eigenvalue weighted by Crippen LogP contribution is 2.37. The molecule has 0 radical (unpaired) electrons. The van der Waals surface area contributed by atoms with E-state index in [9.17, 15) is 9.59 Å². The molecule has 34 heavy (non-hydrogen) atoms. The molecule has 0 saturated heterocycles. The normalized spacial score (nSPS) is 16.1. The molecule has 9 heteroatoms. The van der Waals surface area contributed by atoms with E-state index in [0.29, 0.717) is 34.8 Å². The molecule has 180 valence electrons. The molecule has 4 rings (SSSR count). The Morgan fingerprint density at radius 3 is 2.85 bits per heavy atom. The predicted octanol–water partition coefficient (Wildman–Crippen LogP) is 4.91. The maximum absolute atomic E-state index is 13.5. The Hall–Kier alpha value is -2.78. The van der Waals surface area contributed by atoms with Crippen molar-refractivity contribution in [3.63, 3.8) is 0 Å². The average molecular weight is 500 g/mol. The highest BCUT2D eigenvalue weighted by Gasteiger charge is 2.26. The summed E-state index contributed by atoms with van der Waals surface area (Å²) in [5, 5.41) is 3.69. The Kier molecular flexibility index (Phi) is 7.33. The van der Waals surface area contributed by atoms with Gasteiger partial charge in [0.05, 0.1) is 24.9 Å². The van der Waals surface area contributed by atoms with Crippen LogP contribution in [0.2, 0.25) is 0 Å². The Bertz CT molecular complexity index is 1300. The summed E-state index contributed by atoms with van der Waals surface area (Å²) >= 11 is 2.89. The van der Waals surface area contributed by atoms with Crippen LogP contribution in [0.5, 0.6) is 11.5 Å². The van der Waals surface area contributed by atoms with E-state index in [1.807, 2.05) is 0 Å². The molecule has 0 fully saturated rings. The van der Waals surface area contributed by atoms with Gasteiger partial charge in [0.25, 0.3) is 5.56 Å².